The van der Waals surface area contributed by atoms with Crippen LogP contribution in [0.2, 0.25) is 5.02 Å². The number of halogens is 1. The van der Waals surface area contributed by atoms with Crippen LogP contribution in [0.5, 0.6) is 5.75 Å². The van der Waals surface area contributed by atoms with Crippen molar-refractivity contribution in [2.75, 3.05) is 7.11 Å². The molecule has 2 rings (SSSR count). The fourth-order valence-corrected chi connectivity index (χ4v) is 2.37. The zero-order chi connectivity index (χ0) is 14.0. The SMILES string of the molecule is COc1cc(Cl)ccc1C(O)c1ccc(C)cc1C. The molecule has 0 aliphatic rings. The van der Waals surface area contributed by atoms with Crippen LogP contribution in [0.4, 0.5) is 0 Å². The first-order valence-electron chi connectivity index (χ1n) is 6.11. The van der Waals surface area contributed by atoms with Gasteiger partial charge in [0.2, 0.25) is 0 Å². The molecule has 0 aromatic heterocycles. The molecule has 100 valence electrons. The van der Waals surface area contributed by atoms with Gasteiger partial charge in [0.25, 0.3) is 0 Å². The minimum Gasteiger partial charge on any atom is -0.496 e. The first-order valence-corrected chi connectivity index (χ1v) is 6.49. The summed E-state index contributed by atoms with van der Waals surface area (Å²) in [6.07, 6.45) is -0.715. The van der Waals surface area contributed by atoms with Crippen LogP contribution < -0.4 is 4.74 Å². The quantitative estimate of drug-likeness (QED) is 0.916. The summed E-state index contributed by atoms with van der Waals surface area (Å²) in [5.74, 6) is 0.597. The van der Waals surface area contributed by atoms with Crippen LogP contribution in [0.3, 0.4) is 0 Å². The lowest BCUT2D eigenvalue weighted by molar-refractivity contribution is 0.214. The summed E-state index contributed by atoms with van der Waals surface area (Å²) in [6.45, 7) is 4.03. The maximum Gasteiger partial charge on any atom is 0.126 e. The average Bonchev–Trinajstić information content (AvgIpc) is 2.37. The predicted molar refractivity (Wildman–Crippen MR) is 78.0 cm³/mol. The van der Waals surface area contributed by atoms with E-state index in [1.54, 1.807) is 25.3 Å². The second-order valence-electron chi connectivity index (χ2n) is 4.65. The first kappa shape index (κ1) is 13.9. The van der Waals surface area contributed by atoms with Crippen molar-refractivity contribution in [3.8, 4) is 5.75 Å². The molecule has 0 spiro atoms. The lowest BCUT2D eigenvalue weighted by Gasteiger charge is -2.17. The van der Waals surface area contributed by atoms with E-state index in [9.17, 15) is 5.11 Å². The first-order chi connectivity index (χ1) is 9.02. The third-order valence-corrected chi connectivity index (χ3v) is 3.45. The lowest BCUT2D eigenvalue weighted by atomic mass is 9.95. The summed E-state index contributed by atoms with van der Waals surface area (Å²) in [5, 5.41) is 11.1. The summed E-state index contributed by atoms with van der Waals surface area (Å²) in [5.41, 5.74) is 3.84. The molecular weight excluding hydrogens is 260 g/mol. The zero-order valence-electron chi connectivity index (χ0n) is 11.3. The molecule has 0 bridgehead atoms. The standard InChI is InChI=1S/C16H17ClO2/c1-10-4-6-13(11(2)8-10)16(18)14-7-5-12(17)9-15(14)19-3/h4-9,16,18H,1-3H3. The van der Waals surface area contributed by atoms with Gasteiger partial charge in [-0.3, -0.25) is 0 Å². The van der Waals surface area contributed by atoms with Gasteiger partial charge in [-0.05, 0) is 37.1 Å². The number of hydrogen-bond acceptors (Lipinski definition) is 2. The molecule has 2 aromatic carbocycles. The molecule has 1 N–H and O–H groups in total. The van der Waals surface area contributed by atoms with Crippen LogP contribution in [0, 0.1) is 13.8 Å². The van der Waals surface area contributed by atoms with Crippen molar-refractivity contribution in [2.24, 2.45) is 0 Å². The van der Waals surface area contributed by atoms with Gasteiger partial charge in [0, 0.05) is 10.6 Å². The Balaban J connectivity index is 2.46. The maximum atomic E-state index is 10.5. The molecule has 0 aliphatic heterocycles. The highest BCUT2D eigenvalue weighted by Gasteiger charge is 2.17. The molecule has 0 radical (unpaired) electrons. The van der Waals surface area contributed by atoms with Crippen LogP contribution in [-0.2, 0) is 0 Å². The second kappa shape index (κ2) is 5.64. The molecule has 0 heterocycles. The topological polar surface area (TPSA) is 29.5 Å². The van der Waals surface area contributed by atoms with E-state index in [1.165, 1.54) is 5.56 Å². The number of hydrogen-bond donors (Lipinski definition) is 1. The smallest absolute Gasteiger partial charge is 0.126 e. The van der Waals surface area contributed by atoms with E-state index in [4.69, 9.17) is 16.3 Å². The highest BCUT2D eigenvalue weighted by Crippen LogP contribution is 2.33. The third kappa shape index (κ3) is 2.91. The molecule has 1 atom stereocenters. The Labute approximate surface area is 118 Å². The molecule has 0 amide bonds. The van der Waals surface area contributed by atoms with Crippen molar-refractivity contribution in [1.82, 2.24) is 0 Å². The lowest BCUT2D eigenvalue weighted by Crippen LogP contribution is -2.04. The number of aliphatic hydroxyl groups excluding tert-OH is 1. The van der Waals surface area contributed by atoms with Crippen molar-refractivity contribution < 1.29 is 9.84 Å². The minimum absolute atomic E-state index is 0.591. The highest BCUT2D eigenvalue weighted by atomic mass is 35.5. The van der Waals surface area contributed by atoms with Gasteiger partial charge in [0.15, 0.2) is 0 Å². The van der Waals surface area contributed by atoms with Gasteiger partial charge in [-0.15, -0.1) is 0 Å². The van der Waals surface area contributed by atoms with Crippen molar-refractivity contribution in [2.45, 2.75) is 20.0 Å². The van der Waals surface area contributed by atoms with E-state index in [0.29, 0.717) is 10.8 Å². The molecule has 2 aromatic rings. The van der Waals surface area contributed by atoms with Crippen LogP contribution in [-0.4, -0.2) is 12.2 Å². The van der Waals surface area contributed by atoms with Gasteiger partial charge in [0.05, 0.1) is 7.11 Å². The fourth-order valence-electron chi connectivity index (χ4n) is 2.21. The normalized spacial score (nSPS) is 12.3. The van der Waals surface area contributed by atoms with Crippen LogP contribution >= 0.6 is 11.6 Å². The minimum atomic E-state index is -0.715. The molecule has 0 aliphatic carbocycles. The van der Waals surface area contributed by atoms with Crippen molar-refractivity contribution in [3.05, 3.63) is 63.7 Å². The molecule has 1 unspecified atom stereocenters. The number of aryl methyl sites for hydroxylation is 2. The van der Waals surface area contributed by atoms with Crippen molar-refractivity contribution in [3.63, 3.8) is 0 Å². The molecule has 19 heavy (non-hydrogen) atoms. The average molecular weight is 277 g/mol. The number of benzene rings is 2. The predicted octanol–water partition coefficient (Wildman–Crippen LogP) is 4.05. The Morgan fingerprint density at radius 3 is 2.37 bits per heavy atom. The van der Waals surface area contributed by atoms with E-state index in [0.717, 1.165) is 16.7 Å². The second-order valence-corrected chi connectivity index (χ2v) is 5.09. The Morgan fingerprint density at radius 2 is 1.74 bits per heavy atom. The van der Waals surface area contributed by atoms with E-state index >= 15 is 0 Å². The largest absolute Gasteiger partial charge is 0.496 e. The third-order valence-electron chi connectivity index (χ3n) is 3.21. The Hall–Kier alpha value is -1.51. The summed E-state index contributed by atoms with van der Waals surface area (Å²) in [7, 11) is 1.57. The number of ether oxygens (including phenoxy) is 1. The molecule has 2 nitrogen and oxygen atoms in total. The number of rotatable bonds is 3. The fraction of sp³-hybridized carbons (Fsp3) is 0.250. The van der Waals surface area contributed by atoms with E-state index in [1.807, 2.05) is 26.0 Å². The van der Waals surface area contributed by atoms with Gasteiger partial charge < -0.3 is 9.84 Å². The molecular formula is C16H17ClO2. The Bertz CT molecular complexity index is 593. The molecule has 0 saturated carbocycles. The highest BCUT2D eigenvalue weighted by molar-refractivity contribution is 6.30. The van der Waals surface area contributed by atoms with Gasteiger partial charge in [-0.1, -0.05) is 41.4 Å². The molecule has 0 fully saturated rings. The molecule has 3 heteroatoms. The van der Waals surface area contributed by atoms with E-state index in [2.05, 4.69) is 6.07 Å². The van der Waals surface area contributed by atoms with Crippen molar-refractivity contribution >= 4 is 11.6 Å². The van der Waals surface area contributed by atoms with Crippen LogP contribution in [0.25, 0.3) is 0 Å². The molecule has 0 saturated heterocycles. The Kier molecular flexibility index (Phi) is 4.13. The monoisotopic (exact) mass is 276 g/mol. The van der Waals surface area contributed by atoms with E-state index in [-0.39, 0.29) is 0 Å². The van der Waals surface area contributed by atoms with Crippen LogP contribution in [0.1, 0.15) is 28.4 Å². The zero-order valence-corrected chi connectivity index (χ0v) is 12.0. The summed E-state index contributed by atoms with van der Waals surface area (Å²) >= 11 is 5.94. The number of methoxy groups -OCH3 is 1. The van der Waals surface area contributed by atoms with Gasteiger partial charge in [-0.2, -0.15) is 0 Å². The summed E-state index contributed by atoms with van der Waals surface area (Å²) in [4.78, 5) is 0. The number of aliphatic hydroxyl groups is 1. The van der Waals surface area contributed by atoms with Gasteiger partial charge in [-0.25, -0.2) is 0 Å². The summed E-state index contributed by atoms with van der Waals surface area (Å²) in [6, 6.07) is 11.3. The van der Waals surface area contributed by atoms with Gasteiger partial charge >= 0.3 is 0 Å². The van der Waals surface area contributed by atoms with Crippen molar-refractivity contribution in [1.29, 1.82) is 0 Å². The summed E-state index contributed by atoms with van der Waals surface area (Å²) < 4.78 is 5.29. The Morgan fingerprint density at radius 1 is 1.05 bits per heavy atom. The van der Waals surface area contributed by atoms with Gasteiger partial charge in [0.1, 0.15) is 11.9 Å². The van der Waals surface area contributed by atoms with E-state index < -0.39 is 6.10 Å². The van der Waals surface area contributed by atoms with Crippen LogP contribution in [0.15, 0.2) is 36.4 Å². The maximum absolute atomic E-state index is 10.5.